The minimum Gasteiger partial charge on any atom is -0.478 e. The number of aromatic nitrogens is 3. The number of carboxylic acid groups (broad SMARTS) is 1. The van der Waals surface area contributed by atoms with Gasteiger partial charge in [-0.2, -0.15) is 5.10 Å². The van der Waals surface area contributed by atoms with Gasteiger partial charge in [0, 0.05) is 35.6 Å². The Bertz CT molecular complexity index is 1260. The number of nitrogens with zero attached hydrogens (tertiary/aromatic N) is 3. The summed E-state index contributed by atoms with van der Waals surface area (Å²) in [6.07, 6.45) is 12.2. The smallest absolute Gasteiger partial charge is 0.346 e. The quantitative estimate of drug-likeness (QED) is 0.410. The lowest BCUT2D eigenvalue weighted by Crippen LogP contribution is -2.32. The number of ether oxygens (including phenoxy) is 1. The molecular weight excluding hydrogens is 426 g/mol. The van der Waals surface area contributed by atoms with Crippen molar-refractivity contribution in [1.29, 1.82) is 0 Å². The Kier molecular flexibility index (Phi) is 6.21. The van der Waals surface area contributed by atoms with Gasteiger partial charge in [-0.3, -0.25) is 9.67 Å². The lowest BCUT2D eigenvalue weighted by molar-refractivity contribution is -0.145. The van der Waals surface area contributed by atoms with E-state index in [1.165, 1.54) is 0 Å². The maximum Gasteiger partial charge on any atom is 0.346 e. The van der Waals surface area contributed by atoms with Crippen molar-refractivity contribution in [3.05, 3.63) is 119 Å². The highest BCUT2D eigenvalue weighted by atomic mass is 16.5. The van der Waals surface area contributed by atoms with E-state index in [0.29, 0.717) is 5.75 Å². The molecule has 2 heterocycles. The normalized spacial score (nSPS) is 14.2. The Morgan fingerprint density at radius 3 is 2.65 bits per heavy atom. The van der Waals surface area contributed by atoms with Gasteiger partial charge >= 0.3 is 5.97 Å². The highest BCUT2D eigenvalue weighted by Gasteiger charge is 2.24. The van der Waals surface area contributed by atoms with E-state index in [9.17, 15) is 9.90 Å². The SMILES string of the molecule is O=C(O)C(Cn1cc(C(c2ccccc2)c2cccnc2)cn1)Oc1cccc2c1CCC=C2. The minimum absolute atomic E-state index is 0.0548. The lowest BCUT2D eigenvalue weighted by atomic mass is 9.88. The summed E-state index contributed by atoms with van der Waals surface area (Å²) < 4.78 is 7.66. The molecule has 6 heteroatoms. The highest BCUT2D eigenvalue weighted by molar-refractivity contribution is 5.73. The molecule has 0 saturated carbocycles. The summed E-state index contributed by atoms with van der Waals surface area (Å²) in [5, 5.41) is 14.4. The van der Waals surface area contributed by atoms with Gasteiger partial charge in [0.25, 0.3) is 0 Å². The molecule has 0 spiro atoms. The van der Waals surface area contributed by atoms with Crippen molar-refractivity contribution < 1.29 is 14.6 Å². The Balaban J connectivity index is 1.41. The third kappa shape index (κ3) is 4.62. The van der Waals surface area contributed by atoms with Crippen LogP contribution >= 0.6 is 0 Å². The van der Waals surface area contributed by atoms with Crippen LogP contribution < -0.4 is 4.74 Å². The molecule has 1 aliphatic carbocycles. The maximum atomic E-state index is 12.1. The number of benzene rings is 2. The van der Waals surface area contributed by atoms with Crippen LogP contribution in [0.1, 0.15) is 40.2 Å². The summed E-state index contributed by atoms with van der Waals surface area (Å²) in [5.74, 6) is -0.451. The summed E-state index contributed by atoms with van der Waals surface area (Å²) in [6, 6.07) is 19.9. The second kappa shape index (κ2) is 9.75. The number of rotatable bonds is 8. The number of aliphatic carboxylic acids is 1. The van der Waals surface area contributed by atoms with Gasteiger partial charge in [0.15, 0.2) is 0 Å². The van der Waals surface area contributed by atoms with Crippen LogP contribution in [0.2, 0.25) is 0 Å². The summed E-state index contributed by atoms with van der Waals surface area (Å²) in [7, 11) is 0. The van der Waals surface area contributed by atoms with Crippen LogP contribution in [0.5, 0.6) is 5.75 Å². The molecule has 2 aromatic carbocycles. The van der Waals surface area contributed by atoms with Gasteiger partial charge in [-0.25, -0.2) is 4.79 Å². The Morgan fingerprint density at radius 2 is 1.85 bits per heavy atom. The van der Waals surface area contributed by atoms with E-state index >= 15 is 0 Å². The first kappa shape index (κ1) is 21.6. The predicted octanol–water partition coefficient (Wildman–Crippen LogP) is 4.95. The van der Waals surface area contributed by atoms with Crippen molar-refractivity contribution >= 4 is 12.0 Å². The van der Waals surface area contributed by atoms with Gasteiger partial charge in [0.2, 0.25) is 6.10 Å². The molecule has 2 atom stereocenters. The topological polar surface area (TPSA) is 77.2 Å². The fourth-order valence-corrected chi connectivity index (χ4v) is 4.44. The van der Waals surface area contributed by atoms with Gasteiger partial charge in [0.05, 0.1) is 12.7 Å². The van der Waals surface area contributed by atoms with Gasteiger partial charge in [-0.05, 0) is 41.7 Å². The van der Waals surface area contributed by atoms with E-state index in [-0.39, 0.29) is 12.5 Å². The molecule has 0 aliphatic heterocycles. The van der Waals surface area contributed by atoms with Gasteiger partial charge in [0.1, 0.15) is 5.75 Å². The first-order chi connectivity index (χ1) is 16.7. The molecule has 1 N–H and O–H groups in total. The second-order valence-corrected chi connectivity index (χ2v) is 8.34. The number of hydrogen-bond acceptors (Lipinski definition) is 4. The van der Waals surface area contributed by atoms with Crippen LogP contribution in [0, 0.1) is 0 Å². The molecule has 0 saturated heterocycles. The molecule has 2 unspecified atom stereocenters. The molecule has 0 fully saturated rings. The van der Waals surface area contributed by atoms with E-state index < -0.39 is 12.1 Å². The molecule has 170 valence electrons. The first-order valence-electron chi connectivity index (χ1n) is 11.3. The minimum atomic E-state index is -1.06. The highest BCUT2D eigenvalue weighted by Crippen LogP contribution is 2.32. The first-order valence-corrected chi connectivity index (χ1v) is 11.3. The average Bonchev–Trinajstić information content (AvgIpc) is 3.33. The number of fused-ring (bicyclic) bond motifs is 1. The molecule has 0 radical (unpaired) electrons. The van der Waals surface area contributed by atoms with E-state index in [1.807, 2.05) is 60.9 Å². The van der Waals surface area contributed by atoms with Crippen molar-refractivity contribution in [2.45, 2.75) is 31.4 Å². The summed E-state index contributed by atoms with van der Waals surface area (Å²) >= 11 is 0. The number of allylic oxidation sites excluding steroid dienone is 1. The predicted molar refractivity (Wildman–Crippen MR) is 130 cm³/mol. The number of carboxylic acids is 1. The molecule has 2 aromatic heterocycles. The zero-order chi connectivity index (χ0) is 23.3. The molecule has 0 amide bonds. The van der Waals surface area contributed by atoms with Crippen molar-refractivity contribution in [3.8, 4) is 5.75 Å². The summed E-state index contributed by atoms with van der Waals surface area (Å²) in [5.41, 5.74) is 5.26. The standard InChI is InChI=1S/C28H25N3O3/c32-28(33)26(34-25-14-6-11-20-8-4-5-13-24(20)25)19-31-18-23(17-30-31)27(21-9-2-1-3-10-21)22-12-7-15-29-16-22/h1-4,6-12,14-18,26-27H,5,13,19H2,(H,32,33). The van der Waals surface area contributed by atoms with Crippen LogP contribution in [0.3, 0.4) is 0 Å². The van der Waals surface area contributed by atoms with Crippen molar-refractivity contribution in [2.75, 3.05) is 0 Å². The van der Waals surface area contributed by atoms with Gasteiger partial charge < -0.3 is 9.84 Å². The number of carbonyl (C=O) groups is 1. The lowest BCUT2D eigenvalue weighted by Gasteiger charge is -2.20. The number of hydrogen-bond donors (Lipinski definition) is 1. The Hall–Kier alpha value is -4.19. The van der Waals surface area contributed by atoms with E-state index in [4.69, 9.17) is 4.74 Å². The molecule has 6 nitrogen and oxygen atoms in total. The molecular formula is C28H25N3O3. The molecule has 1 aliphatic rings. The monoisotopic (exact) mass is 451 g/mol. The van der Waals surface area contributed by atoms with E-state index in [1.54, 1.807) is 17.1 Å². The summed E-state index contributed by atoms with van der Waals surface area (Å²) in [6.45, 7) is 0.101. The third-order valence-electron chi connectivity index (χ3n) is 6.06. The van der Waals surface area contributed by atoms with Crippen molar-refractivity contribution in [3.63, 3.8) is 0 Å². The third-order valence-corrected chi connectivity index (χ3v) is 6.06. The van der Waals surface area contributed by atoms with Crippen LogP contribution in [-0.2, 0) is 17.8 Å². The van der Waals surface area contributed by atoms with Crippen LogP contribution in [0.4, 0.5) is 0 Å². The van der Waals surface area contributed by atoms with E-state index in [2.05, 4.69) is 34.4 Å². The second-order valence-electron chi connectivity index (χ2n) is 8.34. The van der Waals surface area contributed by atoms with Crippen LogP contribution in [0.25, 0.3) is 6.08 Å². The Labute approximate surface area is 198 Å². The molecule has 4 aromatic rings. The zero-order valence-electron chi connectivity index (χ0n) is 18.6. The fraction of sp³-hybridized carbons (Fsp3) is 0.179. The van der Waals surface area contributed by atoms with Gasteiger partial charge in [-0.15, -0.1) is 0 Å². The van der Waals surface area contributed by atoms with Crippen LogP contribution in [-0.4, -0.2) is 31.9 Å². The number of pyridine rings is 1. The van der Waals surface area contributed by atoms with Gasteiger partial charge in [-0.1, -0.05) is 60.7 Å². The average molecular weight is 452 g/mol. The van der Waals surface area contributed by atoms with Crippen LogP contribution in [0.15, 0.2) is 91.5 Å². The van der Waals surface area contributed by atoms with E-state index in [0.717, 1.165) is 40.7 Å². The van der Waals surface area contributed by atoms with Crippen molar-refractivity contribution in [2.24, 2.45) is 0 Å². The fourth-order valence-electron chi connectivity index (χ4n) is 4.44. The van der Waals surface area contributed by atoms with Crippen molar-refractivity contribution in [1.82, 2.24) is 14.8 Å². The summed E-state index contributed by atoms with van der Waals surface area (Å²) in [4.78, 5) is 16.4. The Morgan fingerprint density at radius 1 is 1.00 bits per heavy atom. The maximum absolute atomic E-state index is 12.1. The largest absolute Gasteiger partial charge is 0.478 e. The molecule has 34 heavy (non-hydrogen) atoms. The molecule has 5 rings (SSSR count). The molecule has 0 bridgehead atoms. The zero-order valence-corrected chi connectivity index (χ0v) is 18.6.